The Labute approximate surface area is 80.7 Å². The van der Waals surface area contributed by atoms with Crippen LogP contribution < -0.4 is 0 Å². The largest absolute Gasteiger partial charge is 0.463 e. The van der Waals surface area contributed by atoms with Crippen LogP contribution in [0.2, 0.25) is 5.02 Å². The van der Waals surface area contributed by atoms with Gasteiger partial charge in [-0.1, -0.05) is 11.6 Å². The van der Waals surface area contributed by atoms with Gasteiger partial charge in [0.1, 0.15) is 18.1 Å². The summed E-state index contributed by atoms with van der Waals surface area (Å²) in [5.74, 6) is 1.39. The molecule has 1 aromatic carbocycles. The van der Waals surface area contributed by atoms with Crippen molar-refractivity contribution in [2.75, 3.05) is 0 Å². The highest BCUT2D eigenvalue weighted by atomic mass is 35.5. The summed E-state index contributed by atoms with van der Waals surface area (Å²) >= 11 is 5.84. The molecule has 0 aliphatic carbocycles. The summed E-state index contributed by atoms with van der Waals surface area (Å²) in [6.07, 6.45) is 0. The van der Waals surface area contributed by atoms with Crippen molar-refractivity contribution in [1.29, 1.82) is 0 Å². The third-order valence-electron chi connectivity index (χ3n) is 2.08. The number of aliphatic hydroxyl groups excluding tert-OH is 1. The highest BCUT2D eigenvalue weighted by Crippen LogP contribution is 2.27. The van der Waals surface area contributed by atoms with E-state index in [-0.39, 0.29) is 6.61 Å². The third-order valence-corrected chi connectivity index (χ3v) is 2.32. The monoisotopic (exact) mass is 196 g/mol. The Hall–Kier alpha value is -0.990. The first-order chi connectivity index (χ1) is 6.22. The molecule has 68 valence electrons. The zero-order valence-electron chi connectivity index (χ0n) is 7.17. The van der Waals surface area contributed by atoms with E-state index in [4.69, 9.17) is 21.1 Å². The van der Waals surface area contributed by atoms with E-state index in [0.29, 0.717) is 10.8 Å². The number of aryl methyl sites for hydroxylation is 1. The van der Waals surface area contributed by atoms with Gasteiger partial charge in [-0.25, -0.2) is 0 Å². The lowest BCUT2D eigenvalue weighted by atomic mass is 10.1. The highest BCUT2D eigenvalue weighted by Gasteiger charge is 2.08. The summed E-state index contributed by atoms with van der Waals surface area (Å²) in [5.41, 5.74) is 0. The van der Waals surface area contributed by atoms with Crippen molar-refractivity contribution >= 4 is 22.4 Å². The quantitative estimate of drug-likeness (QED) is 0.761. The fraction of sp³-hybridized carbons (Fsp3) is 0.200. The van der Waals surface area contributed by atoms with Crippen molar-refractivity contribution in [3.8, 4) is 0 Å². The fourth-order valence-electron chi connectivity index (χ4n) is 1.46. The van der Waals surface area contributed by atoms with Crippen molar-refractivity contribution in [3.05, 3.63) is 34.7 Å². The molecule has 13 heavy (non-hydrogen) atoms. The Balaban J connectivity index is 2.80. The first kappa shape index (κ1) is 8.60. The van der Waals surface area contributed by atoms with Crippen LogP contribution in [0.3, 0.4) is 0 Å². The molecular weight excluding hydrogens is 188 g/mol. The molecule has 0 radical (unpaired) electrons. The minimum absolute atomic E-state index is 0.0774. The topological polar surface area (TPSA) is 33.4 Å². The summed E-state index contributed by atoms with van der Waals surface area (Å²) in [6.45, 7) is 1.78. The molecule has 0 saturated heterocycles. The van der Waals surface area contributed by atoms with Crippen LogP contribution in [0.5, 0.6) is 0 Å². The number of fused-ring (bicyclic) bond motifs is 1. The van der Waals surface area contributed by atoms with Gasteiger partial charge in [0.05, 0.1) is 0 Å². The maximum atomic E-state index is 8.99. The van der Waals surface area contributed by atoms with Crippen molar-refractivity contribution < 1.29 is 9.52 Å². The summed E-state index contributed by atoms with van der Waals surface area (Å²) in [7, 11) is 0. The van der Waals surface area contributed by atoms with Gasteiger partial charge in [0, 0.05) is 15.8 Å². The van der Waals surface area contributed by atoms with Gasteiger partial charge in [0.25, 0.3) is 0 Å². The zero-order chi connectivity index (χ0) is 9.42. The van der Waals surface area contributed by atoms with Crippen LogP contribution in [-0.4, -0.2) is 5.11 Å². The molecule has 2 nitrogen and oxygen atoms in total. The van der Waals surface area contributed by atoms with E-state index in [0.717, 1.165) is 16.5 Å². The highest BCUT2D eigenvalue weighted by molar-refractivity contribution is 6.31. The first-order valence-electron chi connectivity index (χ1n) is 4.01. The second-order valence-electron chi connectivity index (χ2n) is 2.93. The Morgan fingerprint density at radius 2 is 2.15 bits per heavy atom. The van der Waals surface area contributed by atoms with Crippen LogP contribution in [0.15, 0.2) is 22.6 Å². The van der Waals surface area contributed by atoms with E-state index in [9.17, 15) is 0 Å². The molecule has 2 rings (SSSR count). The molecule has 3 heteroatoms. The molecule has 1 aromatic heterocycles. The molecule has 0 saturated carbocycles. The average Bonchev–Trinajstić information content (AvgIpc) is 2.43. The SMILES string of the molecule is Cc1oc(CO)c2ccc(Cl)cc12. The number of halogens is 1. The number of benzene rings is 1. The summed E-state index contributed by atoms with van der Waals surface area (Å²) in [4.78, 5) is 0. The second-order valence-corrected chi connectivity index (χ2v) is 3.37. The lowest BCUT2D eigenvalue weighted by molar-refractivity contribution is 0.247. The van der Waals surface area contributed by atoms with Crippen LogP contribution in [0.1, 0.15) is 11.5 Å². The van der Waals surface area contributed by atoms with Gasteiger partial charge >= 0.3 is 0 Å². The van der Waals surface area contributed by atoms with E-state index in [1.165, 1.54) is 0 Å². The Morgan fingerprint density at radius 3 is 2.85 bits per heavy atom. The zero-order valence-corrected chi connectivity index (χ0v) is 7.93. The van der Waals surface area contributed by atoms with Crippen LogP contribution in [0.25, 0.3) is 10.8 Å². The molecule has 0 aliphatic rings. The van der Waals surface area contributed by atoms with Crippen molar-refractivity contribution in [1.82, 2.24) is 0 Å². The Morgan fingerprint density at radius 1 is 1.38 bits per heavy atom. The van der Waals surface area contributed by atoms with Gasteiger partial charge in [-0.05, 0) is 25.1 Å². The number of rotatable bonds is 1. The molecule has 2 aromatic rings. The predicted octanol–water partition coefficient (Wildman–Crippen LogP) is 2.89. The molecule has 0 amide bonds. The minimum Gasteiger partial charge on any atom is -0.463 e. The van der Waals surface area contributed by atoms with Crippen molar-refractivity contribution in [2.24, 2.45) is 0 Å². The maximum absolute atomic E-state index is 8.99. The number of aliphatic hydroxyl groups is 1. The molecule has 1 N–H and O–H groups in total. The van der Waals surface area contributed by atoms with E-state index >= 15 is 0 Å². The maximum Gasteiger partial charge on any atom is 0.137 e. The van der Waals surface area contributed by atoms with E-state index in [1.54, 1.807) is 6.07 Å². The van der Waals surface area contributed by atoms with Crippen LogP contribution >= 0.6 is 11.6 Å². The minimum atomic E-state index is -0.0774. The molecule has 1 heterocycles. The van der Waals surface area contributed by atoms with Gasteiger partial charge in [-0.3, -0.25) is 0 Å². The lowest BCUT2D eigenvalue weighted by Crippen LogP contribution is -1.77. The fourth-order valence-corrected chi connectivity index (χ4v) is 1.64. The van der Waals surface area contributed by atoms with E-state index < -0.39 is 0 Å². The predicted molar refractivity (Wildman–Crippen MR) is 51.9 cm³/mol. The summed E-state index contributed by atoms with van der Waals surface area (Å²) < 4.78 is 5.36. The van der Waals surface area contributed by atoms with Crippen molar-refractivity contribution in [2.45, 2.75) is 13.5 Å². The molecular formula is C10H9ClO2. The normalized spacial score (nSPS) is 11.0. The summed E-state index contributed by atoms with van der Waals surface area (Å²) in [5, 5.41) is 11.6. The van der Waals surface area contributed by atoms with Gasteiger partial charge < -0.3 is 9.52 Å². The lowest BCUT2D eigenvalue weighted by Gasteiger charge is -1.91. The third kappa shape index (κ3) is 1.32. The molecule has 0 fully saturated rings. The number of hydrogen-bond donors (Lipinski definition) is 1. The van der Waals surface area contributed by atoms with Gasteiger partial charge in [0.15, 0.2) is 0 Å². The number of furan rings is 1. The Kier molecular flexibility index (Phi) is 2.02. The molecule has 0 spiro atoms. The molecule has 0 bridgehead atoms. The van der Waals surface area contributed by atoms with Crippen LogP contribution in [-0.2, 0) is 6.61 Å². The summed E-state index contributed by atoms with van der Waals surface area (Å²) in [6, 6.07) is 5.49. The number of hydrogen-bond acceptors (Lipinski definition) is 2. The van der Waals surface area contributed by atoms with E-state index in [2.05, 4.69) is 0 Å². The molecule has 0 unspecified atom stereocenters. The average molecular weight is 197 g/mol. The smallest absolute Gasteiger partial charge is 0.137 e. The standard InChI is InChI=1S/C10H9ClO2/c1-6-9-4-7(11)2-3-8(9)10(5-12)13-6/h2-4,12H,5H2,1H3. The molecule has 0 aliphatic heterocycles. The van der Waals surface area contributed by atoms with Crippen LogP contribution in [0, 0.1) is 6.92 Å². The van der Waals surface area contributed by atoms with Gasteiger partial charge in [0.2, 0.25) is 0 Å². The molecule has 0 atom stereocenters. The second kappa shape index (κ2) is 3.05. The van der Waals surface area contributed by atoms with Gasteiger partial charge in [-0.2, -0.15) is 0 Å². The Bertz CT molecular complexity index is 445. The van der Waals surface area contributed by atoms with Crippen LogP contribution in [0.4, 0.5) is 0 Å². The van der Waals surface area contributed by atoms with Crippen molar-refractivity contribution in [3.63, 3.8) is 0 Å². The van der Waals surface area contributed by atoms with Gasteiger partial charge in [-0.15, -0.1) is 0 Å². The van der Waals surface area contributed by atoms with E-state index in [1.807, 2.05) is 19.1 Å². The first-order valence-corrected chi connectivity index (χ1v) is 4.38.